The summed E-state index contributed by atoms with van der Waals surface area (Å²) in [6.45, 7) is 0. The molecule has 0 spiro atoms. The highest BCUT2D eigenvalue weighted by Gasteiger charge is 2.20. The molecule has 0 bridgehead atoms. The Morgan fingerprint density at radius 1 is 1.14 bits per heavy atom. The fraction of sp³-hybridized carbons (Fsp3) is 0.176. The van der Waals surface area contributed by atoms with Crippen LogP contribution in [0.1, 0.15) is 17.4 Å². The lowest BCUT2D eigenvalue weighted by Crippen LogP contribution is -2.17. The average Bonchev–Trinajstić information content (AvgIpc) is 2.94. The molecule has 1 N–H and O–H groups in total. The predicted octanol–water partition coefficient (Wildman–Crippen LogP) is 5.12. The number of nitrogens with one attached hydrogen (secondary N) is 1. The standard InChI is InChI=1S/C17H16ClNOS/c1-19-16(12-7-3-4-9-15(12)21-2)14-10-11-6-5-8-13(18)17(11)20-14/h3-10,16,19H,1-2H3. The molecule has 1 heterocycles. The minimum atomic E-state index is 0.0112. The smallest absolute Gasteiger partial charge is 0.152 e. The molecule has 3 aromatic rings. The highest BCUT2D eigenvalue weighted by Crippen LogP contribution is 2.34. The van der Waals surface area contributed by atoms with Crippen LogP contribution in [0.5, 0.6) is 0 Å². The molecule has 1 atom stereocenters. The molecule has 0 aliphatic carbocycles. The van der Waals surface area contributed by atoms with Crippen LogP contribution in [-0.2, 0) is 0 Å². The number of thioether (sulfide) groups is 1. The Labute approximate surface area is 133 Å². The lowest BCUT2D eigenvalue weighted by molar-refractivity contribution is 0.488. The number of rotatable bonds is 4. The zero-order valence-electron chi connectivity index (χ0n) is 11.9. The summed E-state index contributed by atoms with van der Waals surface area (Å²) in [5, 5.41) is 5.01. The van der Waals surface area contributed by atoms with Crippen molar-refractivity contribution in [2.75, 3.05) is 13.3 Å². The Kier molecular flexibility index (Phi) is 4.24. The van der Waals surface area contributed by atoms with E-state index in [1.165, 1.54) is 10.5 Å². The summed E-state index contributed by atoms with van der Waals surface area (Å²) >= 11 is 7.94. The molecule has 0 saturated heterocycles. The third kappa shape index (κ3) is 2.69. The summed E-state index contributed by atoms with van der Waals surface area (Å²) < 4.78 is 6.00. The fourth-order valence-electron chi connectivity index (χ4n) is 2.55. The van der Waals surface area contributed by atoms with Gasteiger partial charge >= 0.3 is 0 Å². The summed E-state index contributed by atoms with van der Waals surface area (Å²) in [4.78, 5) is 1.24. The van der Waals surface area contributed by atoms with Crippen molar-refractivity contribution >= 4 is 34.3 Å². The van der Waals surface area contributed by atoms with Gasteiger partial charge < -0.3 is 9.73 Å². The van der Waals surface area contributed by atoms with Crippen molar-refractivity contribution in [1.29, 1.82) is 0 Å². The molecule has 4 heteroatoms. The van der Waals surface area contributed by atoms with E-state index in [0.29, 0.717) is 5.02 Å². The third-order valence-corrected chi connectivity index (χ3v) is 4.65. The van der Waals surface area contributed by atoms with E-state index in [1.54, 1.807) is 11.8 Å². The predicted molar refractivity (Wildman–Crippen MR) is 90.3 cm³/mol. The van der Waals surface area contributed by atoms with Crippen molar-refractivity contribution in [2.45, 2.75) is 10.9 Å². The van der Waals surface area contributed by atoms with Crippen LogP contribution in [0.4, 0.5) is 0 Å². The van der Waals surface area contributed by atoms with Gasteiger partial charge in [0, 0.05) is 10.3 Å². The van der Waals surface area contributed by atoms with Gasteiger partial charge in [-0.05, 0) is 37.1 Å². The Morgan fingerprint density at radius 2 is 1.95 bits per heavy atom. The molecule has 21 heavy (non-hydrogen) atoms. The van der Waals surface area contributed by atoms with E-state index in [4.69, 9.17) is 16.0 Å². The number of furan rings is 1. The van der Waals surface area contributed by atoms with Crippen molar-refractivity contribution in [3.05, 3.63) is 64.9 Å². The van der Waals surface area contributed by atoms with Gasteiger partial charge in [0.05, 0.1) is 11.1 Å². The summed E-state index contributed by atoms with van der Waals surface area (Å²) in [6.07, 6.45) is 2.08. The van der Waals surface area contributed by atoms with Crippen molar-refractivity contribution < 1.29 is 4.42 Å². The molecule has 0 amide bonds. The van der Waals surface area contributed by atoms with E-state index in [9.17, 15) is 0 Å². The number of hydrogen-bond donors (Lipinski definition) is 1. The van der Waals surface area contributed by atoms with Gasteiger partial charge in [0.25, 0.3) is 0 Å². The molecule has 0 aliphatic heterocycles. The number of benzene rings is 2. The maximum absolute atomic E-state index is 6.20. The molecule has 0 saturated carbocycles. The van der Waals surface area contributed by atoms with Crippen molar-refractivity contribution in [3.8, 4) is 0 Å². The second-order valence-electron chi connectivity index (χ2n) is 4.77. The Morgan fingerprint density at radius 3 is 2.67 bits per heavy atom. The Balaban J connectivity index is 2.12. The van der Waals surface area contributed by atoms with Gasteiger partial charge in [-0.15, -0.1) is 11.8 Å². The van der Waals surface area contributed by atoms with Crippen LogP contribution in [0.2, 0.25) is 5.02 Å². The molecular weight excluding hydrogens is 302 g/mol. The zero-order valence-corrected chi connectivity index (χ0v) is 13.5. The van der Waals surface area contributed by atoms with Crippen LogP contribution in [0.15, 0.2) is 57.8 Å². The van der Waals surface area contributed by atoms with Gasteiger partial charge in [0.1, 0.15) is 5.76 Å². The lowest BCUT2D eigenvalue weighted by atomic mass is 10.0. The number of para-hydroxylation sites is 1. The first-order valence-electron chi connectivity index (χ1n) is 6.72. The van der Waals surface area contributed by atoms with Gasteiger partial charge in [0.2, 0.25) is 0 Å². The molecule has 1 aromatic heterocycles. The van der Waals surface area contributed by atoms with Gasteiger partial charge in [-0.1, -0.05) is 41.9 Å². The van der Waals surface area contributed by atoms with Crippen LogP contribution < -0.4 is 5.32 Å². The molecule has 2 nitrogen and oxygen atoms in total. The van der Waals surface area contributed by atoms with Crippen LogP contribution in [0.25, 0.3) is 11.0 Å². The van der Waals surface area contributed by atoms with Crippen molar-refractivity contribution in [1.82, 2.24) is 5.32 Å². The molecule has 3 rings (SSSR count). The summed E-state index contributed by atoms with van der Waals surface area (Å²) in [7, 11) is 1.94. The maximum Gasteiger partial charge on any atom is 0.152 e. The molecule has 0 aliphatic rings. The molecule has 0 fully saturated rings. The quantitative estimate of drug-likeness (QED) is 0.676. The zero-order chi connectivity index (χ0) is 14.8. The first-order chi connectivity index (χ1) is 10.2. The van der Waals surface area contributed by atoms with Gasteiger partial charge in [0.15, 0.2) is 5.58 Å². The SMILES string of the molecule is CNC(c1cc2cccc(Cl)c2o1)c1ccccc1SC. The third-order valence-electron chi connectivity index (χ3n) is 3.54. The maximum atomic E-state index is 6.20. The van der Waals surface area contributed by atoms with Crippen LogP contribution in [0, 0.1) is 0 Å². The number of fused-ring (bicyclic) bond motifs is 1. The lowest BCUT2D eigenvalue weighted by Gasteiger charge is -2.17. The minimum Gasteiger partial charge on any atom is -0.457 e. The largest absolute Gasteiger partial charge is 0.457 e. The Bertz CT molecular complexity index is 768. The molecule has 1 unspecified atom stereocenters. The monoisotopic (exact) mass is 317 g/mol. The van der Waals surface area contributed by atoms with Gasteiger partial charge in [-0.25, -0.2) is 0 Å². The summed E-state index contributed by atoms with van der Waals surface area (Å²) in [5.74, 6) is 0.877. The second kappa shape index (κ2) is 6.14. The highest BCUT2D eigenvalue weighted by molar-refractivity contribution is 7.98. The van der Waals surface area contributed by atoms with Gasteiger partial charge in [-0.2, -0.15) is 0 Å². The van der Waals surface area contributed by atoms with Crippen LogP contribution >= 0.6 is 23.4 Å². The average molecular weight is 318 g/mol. The minimum absolute atomic E-state index is 0.0112. The molecule has 2 aromatic carbocycles. The van der Waals surface area contributed by atoms with E-state index < -0.39 is 0 Å². The van der Waals surface area contributed by atoms with Crippen LogP contribution in [-0.4, -0.2) is 13.3 Å². The second-order valence-corrected chi connectivity index (χ2v) is 6.03. The summed E-state index contributed by atoms with van der Waals surface area (Å²) in [6, 6.07) is 16.2. The van der Waals surface area contributed by atoms with E-state index >= 15 is 0 Å². The van der Waals surface area contributed by atoms with Crippen molar-refractivity contribution in [3.63, 3.8) is 0 Å². The number of halogens is 1. The van der Waals surface area contributed by atoms with Crippen LogP contribution in [0.3, 0.4) is 0 Å². The Hall–Kier alpha value is -1.42. The summed E-state index contributed by atoms with van der Waals surface area (Å²) in [5.41, 5.74) is 1.96. The van der Waals surface area contributed by atoms with Gasteiger partial charge in [-0.3, -0.25) is 0 Å². The fourth-order valence-corrected chi connectivity index (χ4v) is 3.40. The van der Waals surface area contributed by atoms with E-state index in [1.807, 2.05) is 25.2 Å². The molecule has 0 radical (unpaired) electrons. The highest BCUT2D eigenvalue weighted by atomic mass is 35.5. The van der Waals surface area contributed by atoms with Crippen molar-refractivity contribution in [2.24, 2.45) is 0 Å². The van der Waals surface area contributed by atoms with E-state index in [-0.39, 0.29) is 6.04 Å². The molecular formula is C17H16ClNOS. The first-order valence-corrected chi connectivity index (χ1v) is 8.33. The topological polar surface area (TPSA) is 25.2 Å². The molecule has 108 valence electrons. The normalized spacial score (nSPS) is 12.7. The van der Waals surface area contributed by atoms with E-state index in [0.717, 1.165) is 16.7 Å². The van der Waals surface area contributed by atoms with E-state index in [2.05, 4.69) is 41.9 Å². The number of hydrogen-bond acceptors (Lipinski definition) is 3. The first kappa shape index (κ1) is 14.5.